The van der Waals surface area contributed by atoms with Gasteiger partial charge in [-0.2, -0.15) is 0 Å². The predicted octanol–water partition coefficient (Wildman–Crippen LogP) is 5.25. The summed E-state index contributed by atoms with van der Waals surface area (Å²) in [7, 11) is 0. The molecule has 0 aliphatic heterocycles. The van der Waals surface area contributed by atoms with E-state index in [1.165, 1.54) is 16.9 Å². The Morgan fingerprint density at radius 2 is 1.88 bits per heavy atom. The molecule has 1 N–H and O–H groups in total. The lowest BCUT2D eigenvalue weighted by atomic mass is 10.1. The average Bonchev–Trinajstić information content (AvgIpc) is 3.06. The highest BCUT2D eigenvalue weighted by molar-refractivity contribution is 7.10. The number of aromatic nitrogens is 1. The molecule has 3 rings (SSSR count). The lowest BCUT2D eigenvalue weighted by molar-refractivity contribution is -0.115. The molecule has 0 aliphatic carbocycles. The van der Waals surface area contributed by atoms with E-state index in [1.54, 1.807) is 0 Å². The van der Waals surface area contributed by atoms with Crippen molar-refractivity contribution in [3.8, 4) is 11.3 Å². The van der Waals surface area contributed by atoms with E-state index in [4.69, 9.17) is 0 Å². The lowest BCUT2D eigenvalue weighted by Gasteiger charge is -2.06. The molecule has 0 bridgehead atoms. The average molecular weight is 350 g/mol. The molecule has 0 saturated carbocycles. The first-order valence-electron chi connectivity index (χ1n) is 8.55. The molecule has 128 valence electrons. The number of aryl methyl sites for hydroxylation is 2. The van der Waals surface area contributed by atoms with Gasteiger partial charge in [-0.1, -0.05) is 55.8 Å². The zero-order chi connectivity index (χ0) is 17.6. The molecule has 3 aromatic rings. The van der Waals surface area contributed by atoms with E-state index in [9.17, 15) is 4.79 Å². The van der Waals surface area contributed by atoms with Gasteiger partial charge in [0.15, 0.2) is 0 Å². The molecular formula is C21H22N2OS. The number of hydrogen-bond acceptors (Lipinski definition) is 3. The van der Waals surface area contributed by atoms with Crippen molar-refractivity contribution in [3.63, 3.8) is 0 Å². The molecule has 1 amide bonds. The van der Waals surface area contributed by atoms with Gasteiger partial charge in [-0.25, -0.2) is 4.98 Å². The van der Waals surface area contributed by atoms with Crippen LogP contribution in [0.1, 0.15) is 29.5 Å². The highest BCUT2D eigenvalue weighted by Gasteiger charge is 2.10. The molecule has 0 fully saturated rings. The molecule has 25 heavy (non-hydrogen) atoms. The molecule has 0 unspecified atom stereocenters. The van der Waals surface area contributed by atoms with Gasteiger partial charge < -0.3 is 5.32 Å². The van der Waals surface area contributed by atoms with Gasteiger partial charge in [-0.3, -0.25) is 4.79 Å². The Morgan fingerprint density at radius 3 is 2.60 bits per heavy atom. The zero-order valence-corrected chi connectivity index (χ0v) is 15.4. The molecule has 3 nitrogen and oxygen atoms in total. The fraction of sp³-hybridized carbons (Fsp3) is 0.238. The molecule has 4 heteroatoms. The number of rotatable bonds is 6. The van der Waals surface area contributed by atoms with Crippen LogP contribution in [0, 0.1) is 6.92 Å². The molecule has 1 heterocycles. The summed E-state index contributed by atoms with van der Waals surface area (Å²) >= 11 is 1.53. The van der Waals surface area contributed by atoms with Crippen molar-refractivity contribution in [1.82, 2.24) is 4.98 Å². The van der Waals surface area contributed by atoms with Gasteiger partial charge in [0.05, 0.1) is 12.1 Å². The van der Waals surface area contributed by atoms with Crippen molar-refractivity contribution >= 4 is 22.9 Å². The highest BCUT2D eigenvalue weighted by atomic mass is 32.1. The van der Waals surface area contributed by atoms with Gasteiger partial charge in [0.25, 0.3) is 0 Å². The molecule has 0 saturated heterocycles. The number of benzene rings is 2. The van der Waals surface area contributed by atoms with Crippen LogP contribution in [-0.2, 0) is 17.6 Å². The summed E-state index contributed by atoms with van der Waals surface area (Å²) in [5, 5.41) is 5.81. The molecule has 0 radical (unpaired) electrons. The monoisotopic (exact) mass is 350 g/mol. The first-order chi connectivity index (χ1) is 12.2. The largest absolute Gasteiger partial charge is 0.325 e. The van der Waals surface area contributed by atoms with E-state index in [0.29, 0.717) is 6.42 Å². The lowest BCUT2D eigenvalue weighted by Crippen LogP contribution is -2.14. The van der Waals surface area contributed by atoms with E-state index < -0.39 is 0 Å². The van der Waals surface area contributed by atoms with Crippen molar-refractivity contribution in [1.29, 1.82) is 0 Å². The van der Waals surface area contributed by atoms with Crippen molar-refractivity contribution < 1.29 is 4.79 Å². The molecule has 2 aromatic carbocycles. The smallest absolute Gasteiger partial charge is 0.231 e. The van der Waals surface area contributed by atoms with Gasteiger partial charge in [0, 0.05) is 16.6 Å². The summed E-state index contributed by atoms with van der Waals surface area (Å²) in [4.78, 5) is 16.9. The maximum absolute atomic E-state index is 12.3. The van der Waals surface area contributed by atoms with Crippen LogP contribution in [-0.4, -0.2) is 10.9 Å². The Kier molecular flexibility index (Phi) is 5.61. The normalized spacial score (nSPS) is 10.6. The topological polar surface area (TPSA) is 42.0 Å². The quantitative estimate of drug-likeness (QED) is 0.659. The van der Waals surface area contributed by atoms with Crippen molar-refractivity contribution in [3.05, 3.63) is 70.0 Å². The third-order valence-electron chi connectivity index (χ3n) is 4.07. The number of nitrogens with one attached hydrogen (secondary N) is 1. The number of nitrogens with zero attached hydrogens (tertiary/aromatic N) is 1. The Morgan fingerprint density at radius 1 is 1.12 bits per heavy atom. The Hall–Kier alpha value is -2.46. The standard InChI is InChI=1S/C21H22N2OS/c1-3-6-16-9-11-17(12-10-16)19-14-25-21(23-19)13-20(24)22-18-8-5-4-7-15(18)2/h4-5,7-12,14H,3,6,13H2,1-2H3,(H,22,24). The first-order valence-corrected chi connectivity index (χ1v) is 9.43. The third-order valence-corrected chi connectivity index (χ3v) is 4.92. The van der Waals surface area contributed by atoms with E-state index in [0.717, 1.165) is 40.4 Å². The minimum absolute atomic E-state index is 0.0338. The summed E-state index contributed by atoms with van der Waals surface area (Å²) < 4.78 is 0. The molecule has 1 aromatic heterocycles. The maximum atomic E-state index is 12.3. The van der Waals surface area contributed by atoms with Crippen molar-refractivity contribution in [2.75, 3.05) is 5.32 Å². The second kappa shape index (κ2) is 8.08. The Bertz CT molecular complexity index is 852. The molecule has 0 aliphatic rings. The van der Waals surface area contributed by atoms with E-state index in [1.807, 2.05) is 36.6 Å². The highest BCUT2D eigenvalue weighted by Crippen LogP contribution is 2.23. The number of amides is 1. The number of para-hydroxylation sites is 1. The fourth-order valence-corrected chi connectivity index (χ4v) is 3.50. The van der Waals surface area contributed by atoms with Crippen LogP contribution in [0.5, 0.6) is 0 Å². The summed E-state index contributed by atoms with van der Waals surface area (Å²) in [5.74, 6) is -0.0338. The summed E-state index contributed by atoms with van der Waals surface area (Å²) in [6.07, 6.45) is 2.55. The minimum atomic E-state index is -0.0338. The number of thiazole rings is 1. The Balaban J connectivity index is 1.65. The van der Waals surface area contributed by atoms with Gasteiger partial charge in [0.2, 0.25) is 5.91 Å². The number of carbonyl (C=O) groups is 1. The molecule has 0 atom stereocenters. The molecule has 0 spiro atoms. The predicted molar refractivity (Wildman–Crippen MR) is 105 cm³/mol. The first kappa shape index (κ1) is 17.4. The van der Waals surface area contributed by atoms with Gasteiger partial charge >= 0.3 is 0 Å². The summed E-state index contributed by atoms with van der Waals surface area (Å²) in [5.41, 5.74) is 5.30. The maximum Gasteiger partial charge on any atom is 0.231 e. The van der Waals surface area contributed by atoms with Crippen LogP contribution in [0.3, 0.4) is 0 Å². The number of hydrogen-bond donors (Lipinski definition) is 1. The van der Waals surface area contributed by atoms with Crippen LogP contribution < -0.4 is 5.32 Å². The van der Waals surface area contributed by atoms with Crippen LogP contribution in [0.15, 0.2) is 53.9 Å². The summed E-state index contributed by atoms with van der Waals surface area (Å²) in [6.45, 7) is 4.17. The van der Waals surface area contributed by atoms with Crippen molar-refractivity contribution in [2.24, 2.45) is 0 Å². The van der Waals surface area contributed by atoms with Gasteiger partial charge in [0.1, 0.15) is 5.01 Å². The summed E-state index contributed by atoms with van der Waals surface area (Å²) in [6, 6.07) is 16.3. The van der Waals surface area contributed by atoms with Crippen LogP contribution in [0.4, 0.5) is 5.69 Å². The Labute approximate surface area is 152 Å². The second-order valence-electron chi connectivity index (χ2n) is 6.11. The van der Waals surface area contributed by atoms with Crippen LogP contribution in [0.2, 0.25) is 0 Å². The van der Waals surface area contributed by atoms with E-state index >= 15 is 0 Å². The minimum Gasteiger partial charge on any atom is -0.325 e. The van der Waals surface area contributed by atoms with Crippen LogP contribution in [0.25, 0.3) is 11.3 Å². The number of carbonyl (C=O) groups excluding carboxylic acids is 1. The van der Waals surface area contributed by atoms with Crippen LogP contribution >= 0.6 is 11.3 Å². The van der Waals surface area contributed by atoms with Crippen molar-refractivity contribution in [2.45, 2.75) is 33.1 Å². The number of anilines is 1. The third kappa shape index (κ3) is 4.54. The second-order valence-corrected chi connectivity index (χ2v) is 7.06. The zero-order valence-electron chi connectivity index (χ0n) is 14.6. The van der Waals surface area contributed by atoms with E-state index in [2.05, 4.69) is 41.5 Å². The fourth-order valence-electron chi connectivity index (χ4n) is 2.70. The molecular weight excluding hydrogens is 328 g/mol. The van der Waals surface area contributed by atoms with Gasteiger partial charge in [-0.05, 0) is 30.5 Å². The SMILES string of the molecule is CCCc1ccc(-c2csc(CC(=O)Nc3ccccc3C)n2)cc1. The van der Waals surface area contributed by atoms with Gasteiger partial charge in [-0.15, -0.1) is 11.3 Å². The van der Waals surface area contributed by atoms with E-state index in [-0.39, 0.29) is 5.91 Å².